The first kappa shape index (κ1) is 19.7. The Labute approximate surface area is 177 Å². The Morgan fingerprint density at radius 2 is 1.80 bits per heavy atom. The Morgan fingerprint density at radius 3 is 2.57 bits per heavy atom. The fourth-order valence-electron chi connectivity index (χ4n) is 3.30. The first-order valence-electron chi connectivity index (χ1n) is 9.25. The zero-order valence-electron chi connectivity index (χ0n) is 16.1. The molecule has 6 nitrogen and oxygen atoms in total. The summed E-state index contributed by atoms with van der Waals surface area (Å²) in [5.74, 6) is 0.166. The standard InChI is InChI=1S/C23H18ClN3O3/c1-30-20-10-6-5-9-18(20)25-21(28)14-27-19-12-11-16(24)13-17(19)22(26-23(27)29)15-7-3-2-4-8-15/h2-13H,14H2,1H3,(H,25,28). The maximum absolute atomic E-state index is 12.8. The third-order valence-electron chi connectivity index (χ3n) is 4.67. The summed E-state index contributed by atoms with van der Waals surface area (Å²) >= 11 is 6.21. The minimum atomic E-state index is -0.515. The molecule has 0 bridgehead atoms. The molecule has 0 unspecified atom stereocenters. The first-order chi connectivity index (χ1) is 14.6. The molecule has 0 aliphatic heterocycles. The molecule has 4 aromatic rings. The van der Waals surface area contributed by atoms with E-state index in [9.17, 15) is 9.59 Å². The number of hydrogen-bond acceptors (Lipinski definition) is 4. The average molecular weight is 420 g/mol. The Hall–Kier alpha value is -3.64. The van der Waals surface area contributed by atoms with Crippen molar-refractivity contribution in [3.05, 3.63) is 88.3 Å². The van der Waals surface area contributed by atoms with Crippen LogP contribution >= 0.6 is 11.6 Å². The van der Waals surface area contributed by atoms with E-state index >= 15 is 0 Å². The molecule has 1 aromatic heterocycles. The second kappa shape index (κ2) is 8.39. The van der Waals surface area contributed by atoms with Gasteiger partial charge < -0.3 is 10.1 Å². The van der Waals surface area contributed by atoms with Gasteiger partial charge in [0.2, 0.25) is 5.91 Å². The number of hydrogen-bond donors (Lipinski definition) is 1. The van der Waals surface area contributed by atoms with Gasteiger partial charge in [0.15, 0.2) is 0 Å². The van der Waals surface area contributed by atoms with Crippen molar-refractivity contribution < 1.29 is 9.53 Å². The van der Waals surface area contributed by atoms with Crippen LogP contribution < -0.4 is 15.7 Å². The largest absolute Gasteiger partial charge is 0.495 e. The number of aromatic nitrogens is 2. The molecule has 30 heavy (non-hydrogen) atoms. The van der Waals surface area contributed by atoms with Crippen LogP contribution in [-0.2, 0) is 11.3 Å². The quantitative estimate of drug-likeness (QED) is 0.521. The molecule has 150 valence electrons. The monoisotopic (exact) mass is 419 g/mol. The molecule has 0 saturated heterocycles. The van der Waals surface area contributed by atoms with Gasteiger partial charge in [-0.2, -0.15) is 4.98 Å². The summed E-state index contributed by atoms with van der Waals surface area (Å²) < 4.78 is 6.59. The van der Waals surface area contributed by atoms with Crippen molar-refractivity contribution in [2.45, 2.75) is 6.54 Å². The molecular weight excluding hydrogens is 402 g/mol. The molecule has 3 aromatic carbocycles. The first-order valence-corrected chi connectivity index (χ1v) is 9.63. The second-order valence-corrected chi connectivity index (χ2v) is 7.04. The number of carbonyl (C=O) groups is 1. The third kappa shape index (κ3) is 3.90. The van der Waals surface area contributed by atoms with Crippen molar-refractivity contribution in [3.63, 3.8) is 0 Å². The van der Waals surface area contributed by atoms with Gasteiger partial charge in [-0.1, -0.05) is 54.1 Å². The van der Waals surface area contributed by atoms with E-state index in [2.05, 4.69) is 10.3 Å². The Kier molecular flexibility index (Phi) is 5.50. The van der Waals surface area contributed by atoms with E-state index in [-0.39, 0.29) is 12.5 Å². The minimum absolute atomic E-state index is 0.197. The van der Waals surface area contributed by atoms with E-state index in [0.717, 1.165) is 5.56 Å². The summed E-state index contributed by atoms with van der Waals surface area (Å²) in [6.45, 7) is -0.197. The van der Waals surface area contributed by atoms with Gasteiger partial charge in [-0.25, -0.2) is 4.79 Å². The van der Waals surface area contributed by atoms with E-state index in [1.165, 1.54) is 11.7 Å². The molecule has 4 rings (SSSR count). The Bertz CT molecular complexity index is 1290. The molecule has 1 amide bonds. The number of ether oxygens (including phenoxy) is 1. The maximum Gasteiger partial charge on any atom is 0.349 e. The minimum Gasteiger partial charge on any atom is -0.495 e. The zero-order valence-corrected chi connectivity index (χ0v) is 16.9. The van der Waals surface area contributed by atoms with Gasteiger partial charge in [0.05, 0.1) is 24.0 Å². The van der Waals surface area contributed by atoms with Crippen LogP contribution in [0.4, 0.5) is 5.69 Å². The summed E-state index contributed by atoms with van der Waals surface area (Å²) in [6, 6.07) is 21.6. The highest BCUT2D eigenvalue weighted by atomic mass is 35.5. The molecule has 1 heterocycles. The topological polar surface area (TPSA) is 73.2 Å². The van der Waals surface area contributed by atoms with Gasteiger partial charge in [0, 0.05) is 16.0 Å². The molecule has 0 saturated carbocycles. The van der Waals surface area contributed by atoms with Crippen molar-refractivity contribution in [2.75, 3.05) is 12.4 Å². The Morgan fingerprint density at radius 1 is 1.07 bits per heavy atom. The van der Waals surface area contributed by atoms with E-state index < -0.39 is 5.69 Å². The molecule has 0 fully saturated rings. The van der Waals surface area contributed by atoms with Gasteiger partial charge in [0.25, 0.3) is 0 Å². The molecule has 0 radical (unpaired) electrons. The van der Waals surface area contributed by atoms with Crippen LogP contribution in [-0.4, -0.2) is 22.6 Å². The van der Waals surface area contributed by atoms with Crippen molar-refractivity contribution >= 4 is 34.1 Å². The lowest BCUT2D eigenvalue weighted by molar-refractivity contribution is -0.116. The van der Waals surface area contributed by atoms with Crippen LogP contribution in [0, 0.1) is 0 Å². The van der Waals surface area contributed by atoms with Gasteiger partial charge in [0.1, 0.15) is 12.3 Å². The van der Waals surface area contributed by atoms with Crippen LogP contribution in [0.5, 0.6) is 5.75 Å². The molecule has 0 aliphatic carbocycles. The maximum atomic E-state index is 12.8. The van der Waals surface area contributed by atoms with Crippen LogP contribution in [0.25, 0.3) is 22.2 Å². The molecule has 0 spiro atoms. The van der Waals surface area contributed by atoms with E-state index in [0.29, 0.717) is 33.1 Å². The summed E-state index contributed by atoms with van der Waals surface area (Å²) in [6.07, 6.45) is 0. The van der Waals surface area contributed by atoms with Gasteiger partial charge in [-0.05, 0) is 30.3 Å². The van der Waals surface area contributed by atoms with Crippen molar-refractivity contribution in [1.29, 1.82) is 0 Å². The number of fused-ring (bicyclic) bond motifs is 1. The lowest BCUT2D eigenvalue weighted by Crippen LogP contribution is -2.30. The third-order valence-corrected chi connectivity index (χ3v) is 4.91. The van der Waals surface area contributed by atoms with Crippen LogP contribution in [0.1, 0.15) is 0 Å². The molecule has 0 aliphatic rings. The predicted molar refractivity (Wildman–Crippen MR) is 118 cm³/mol. The number of para-hydroxylation sites is 2. The SMILES string of the molecule is COc1ccccc1NC(=O)Cn1c(=O)nc(-c2ccccc2)c2cc(Cl)ccc21. The number of nitrogens with zero attached hydrogens (tertiary/aromatic N) is 2. The fraction of sp³-hybridized carbons (Fsp3) is 0.0870. The molecule has 1 N–H and O–H groups in total. The normalized spacial score (nSPS) is 10.7. The van der Waals surface area contributed by atoms with Crippen LogP contribution in [0.3, 0.4) is 0 Å². The van der Waals surface area contributed by atoms with Crippen molar-refractivity contribution in [2.24, 2.45) is 0 Å². The van der Waals surface area contributed by atoms with E-state index in [1.807, 2.05) is 36.4 Å². The number of benzene rings is 3. The smallest absolute Gasteiger partial charge is 0.349 e. The lowest BCUT2D eigenvalue weighted by atomic mass is 10.1. The van der Waals surface area contributed by atoms with Gasteiger partial charge >= 0.3 is 5.69 Å². The highest BCUT2D eigenvalue weighted by Gasteiger charge is 2.15. The van der Waals surface area contributed by atoms with E-state index in [4.69, 9.17) is 16.3 Å². The molecular formula is C23H18ClN3O3. The molecule has 0 atom stereocenters. The summed E-state index contributed by atoms with van der Waals surface area (Å²) in [5.41, 5.74) is 1.92. The number of rotatable bonds is 5. The van der Waals surface area contributed by atoms with Crippen molar-refractivity contribution in [1.82, 2.24) is 9.55 Å². The van der Waals surface area contributed by atoms with E-state index in [1.54, 1.807) is 36.4 Å². The van der Waals surface area contributed by atoms with Gasteiger partial charge in [-0.3, -0.25) is 9.36 Å². The summed E-state index contributed by atoms with van der Waals surface area (Å²) in [4.78, 5) is 29.8. The summed E-state index contributed by atoms with van der Waals surface area (Å²) in [7, 11) is 1.53. The number of anilines is 1. The van der Waals surface area contributed by atoms with Crippen LogP contribution in [0.2, 0.25) is 5.02 Å². The highest BCUT2D eigenvalue weighted by molar-refractivity contribution is 6.31. The van der Waals surface area contributed by atoms with Gasteiger partial charge in [-0.15, -0.1) is 0 Å². The summed E-state index contributed by atoms with van der Waals surface area (Å²) in [5, 5.41) is 3.99. The lowest BCUT2D eigenvalue weighted by Gasteiger charge is -2.14. The number of nitrogens with one attached hydrogen (secondary N) is 1. The number of amides is 1. The average Bonchev–Trinajstić information content (AvgIpc) is 2.76. The number of halogens is 1. The predicted octanol–water partition coefficient (Wildman–Crippen LogP) is 4.36. The zero-order chi connectivity index (χ0) is 21.1. The highest BCUT2D eigenvalue weighted by Crippen LogP contribution is 2.28. The molecule has 7 heteroatoms. The Balaban J connectivity index is 1.76. The number of carbonyl (C=O) groups excluding carboxylic acids is 1. The van der Waals surface area contributed by atoms with Crippen molar-refractivity contribution in [3.8, 4) is 17.0 Å². The second-order valence-electron chi connectivity index (χ2n) is 6.61. The fourth-order valence-corrected chi connectivity index (χ4v) is 3.47. The van der Waals surface area contributed by atoms with Crippen LogP contribution in [0.15, 0.2) is 77.6 Å². The number of methoxy groups -OCH3 is 1.